The zero-order valence-corrected chi connectivity index (χ0v) is 11.1. The summed E-state index contributed by atoms with van der Waals surface area (Å²) in [5, 5.41) is 3.34. The first kappa shape index (κ1) is 13.5. The van der Waals surface area contributed by atoms with Crippen molar-refractivity contribution in [2.45, 2.75) is 39.0 Å². The first-order chi connectivity index (χ1) is 8.47. The van der Waals surface area contributed by atoms with Crippen molar-refractivity contribution in [1.82, 2.24) is 5.32 Å². The number of alkyl halides is 2. The fraction of sp³-hybridized carbons (Fsp3) is 0.600. The lowest BCUT2D eigenvalue weighted by atomic mass is 9.88. The predicted octanol–water partition coefficient (Wildman–Crippen LogP) is 3.65. The monoisotopic (exact) mass is 253 g/mol. The summed E-state index contributed by atoms with van der Waals surface area (Å²) in [4.78, 5) is 0. The van der Waals surface area contributed by atoms with Gasteiger partial charge in [0.1, 0.15) is 0 Å². The third kappa shape index (κ3) is 3.29. The van der Waals surface area contributed by atoms with E-state index < -0.39 is 5.92 Å². The van der Waals surface area contributed by atoms with Gasteiger partial charge in [-0.1, -0.05) is 23.8 Å². The van der Waals surface area contributed by atoms with E-state index in [9.17, 15) is 8.78 Å². The van der Waals surface area contributed by atoms with Crippen LogP contribution in [-0.4, -0.2) is 13.1 Å². The summed E-state index contributed by atoms with van der Waals surface area (Å²) in [6, 6.07) is 5.28. The van der Waals surface area contributed by atoms with Gasteiger partial charge in [-0.15, -0.1) is 0 Å². The first-order valence-corrected chi connectivity index (χ1v) is 6.65. The number of halogens is 2. The molecule has 1 N–H and O–H groups in total. The summed E-state index contributed by atoms with van der Waals surface area (Å²) >= 11 is 0. The zero-order valence-electron chi connectivity index (χ0n) is 11.1. The molecule has 3 heteroatoms. The molecular weight excluding hydrogens is 232 g/mol. The minimum Gasteiger partial charge on any atom is -0.316 e. The van der Waals surface area contributed by atoms with Crippen molar-refractivity contribution in [3.05, 3.63) is 34.9 Å². The van der Waals surface area contributed by atoms with Gasteiger partial charge >= 0.3 is 0 Å². The number of hydrogen-bond acceptors (Lipinski definition) is 1. The van der Waals surface area contributed by atoms with Crippen molar-refractivity contribution >= 4 is 0 Å². The third-order valence-electron chi connectivity index (χ3n) is 3.64. The molecule has 1 aliphatic heterocycles. The zero-order chi connectivity index (χ0) is 13.2. The summed E-state index contributed by atoms with van der Waals surface area (Å²) in [6.07, 6.45) is 3.04. The maximum atomic E-state index is 13.6. The summed E-state index contributed by atoms with van der Waals surface area (Å²) < 4.78 is 27.2. The Morgan fingerprint density at radius 3 is 2.78 bits per heavy atom. The molecule has 0 aliphatic carbocycles. The minimum atomic E-state index is -2.74. The topological polar surface area (TPSA) is 12.0 Å². The molecule has 1 nitrogen and oxygen atoms in total. The smallest absolute Gasteiger partial charge is 0.270 e. The van der Waals surface area contributed by atoms with Gasteiger partial charge in [-0.25, -0.2) is 8.78 Å². The van der Waals surface area contributed by atoms with Gasteiger partial charge in [0.25, 0.3) is 5.92 Å². The Kier molecular flexibility index (Phi) is 4.00. The van der Waals surface area contributed by atoms with Gasteiger partial charge in [0.2, 0.25) is 0 Å². The lowest BCUT2D eigenvalue weighted by Gasteiger charge is -2.25. The molecule has 1 aliphatic rings. The normalized spacial score (nSPS) is 21.0. The average Bonchev–Trinajstić information content (AvgIpc) is 2.28. The number of aryl methyl sites for hydroxylation is 1. The van der Waals surface area contributed by atoms with Crippen LogP contribution in [0.5, 0.6) is 0 Å². The molecule has 0 bridgehead atoms. The molecule has 1 unspecified atom stereocenters. The number of piperidine rings is 1. The van der Waals surface area contributed by atoms with E-state index in [-0.39, 0.29) is 5.56 Å². The molecule has 0 radical (unpaired) electrons. The van der Waals surface area contributed by atoms with E-state index in [0.717, 1.165) is 50.4 Å². The van der Waals surface area contributed by atoms with Gasteiger partial charge in [-0.05, 0) is 50.8 Å². The highest BCUT2D eigenvalue weighted by molar-refractivity contribution is 5.34. The van der Waals surface area contributed by atoms with E-state index in [0.29, 0.717) is 5.92 Å². The Balaban J connectivity index is 2.21. The lowest BCUT2D eigenvalue weighted by molar-refractivity contribution is 0.0163. The summed E-state index contributed by atoms with van der Waals surface area (Å²) in [5.41, 5.74) is 2.07. The van der Waals surface area contributed by atoms with Gasteiger partial charge in [-0.2, -0.15) is 0 Å². The second kappa shape index (κ2) is 5.35. The van der Waals surface area contributed by atoms with Crippen molar-refractivity contribution in [2.24, 2.45) is 5.92 Å². The maximum Gasteiger partial charge on any atom is 0.270 e. The molecule has 1 heterocycles. The summed E-state index contributed by atoms with van der Waals surface area (Å²) in [5.74, 6) is -2.26. The van der Waals surface area contributed by atoms with E-state index in [1.54, 1.807) is 12.1 Å². The molecule has 0 aromatic heterocycles. The molecule has 1 aromatic carbocycles. The molecule has 100 valence electrons. The molecule has 1 atom stereocenters. The fourth-order valence-electron chi connectivity index (χ4n) is 2.73. The van der Waals surface area contributed by atoms with Crippen LogP contribution in [0.25, 0.3) is 0 Å². The highest BCUT2D eigenvalue weighted by atomic mass is 19.3. The molecule has 0 amide bonds. The Morgan fingerprint density at radius 2 is 2.17 bits per heavy atom. The SMILES string of the molecule is Cc1ccc(C(C)(F)F)c(CC2CCCNC2)c1. The van der Waals surface area contributed by atoms with Gasteiger partial charge in [0.05, 0.1) is 0 Å². The van der Waals surface area contributed by atoms with Crippen LogP contribution in [-0.2, 0) is 12.3 Å². The molecule has 18 heavy (non-hydrogen) atoms. The van der Waals surface area contributed by atoms with E-state index in [1.807, 2.05) is 13.0 Å². The summed E-state index contributed by atoms with van der Waals surface area (Å²) in [6.45, 7) is 4.95. The van der Waals surface area contributed by atoms with E-state index in [4.69, 9.17) is 0 Å². The average molecular weight is 253 g/mol. The number of nitrogens with one attached hydrogen (secondary N) is 1. The van der Waals surface area contributed by atoms with Gasteiger partial charge in [-0.3, -0.25) is 0 Å². The van der Waals surface area contributed by atoms with Crippen LogP contribution in [0, 0.1) is 12.8 Å². The Labute approximate surface area is 108 Å². The van der Waals surface area contributed by atoms with Gasteiger partial charge < -0.3 is 5.32 Å². The number of benzene rings is 1. The van der Waals surface area contributed by atoms with Crippen molar-refractivity contribution < 1.29 is 8.78 Å². The third-order valence-corrected chi connectivity index (χ3v) is 3.64. The minimum absolute atomic E-state index is 0.193. The van der Waals surface area contributed by atoms with Crippen LogP contribution >= 0.6 is 0 Å². The van der Waals surface area contributed by atoms with E-state index in [1.165, 1.54) is 0 Å². The Hall–Kier alpha value is -0.960. The summed E-state index contributed by atoms with van der Waals surface area (Å²) in [7, 11) is 0. The Bertz CT molecular complexity index is 403. The standard InChI is InChI=1S/C15H21F2N/c1-11-5-6-14(15(2,16)17)13(8-11)9-12-4-3-7-18-10-12/h5-6,8,12,18H,3-4,7,9-10H2,1-2H3. The van der Waals surface area contributed by atoms with Crippen molar-refractivity contribution in [3.8, 4) is 0 Å². The maximum absolute atomic E-state index is 13.6. The molecule has 1 aromatic rings. The van der Waals surface area contributed by atoms with Crippen molar-refractivity contribution in [2.75, 3.05) is 13.1 Å². The quantitative estimate of drug-likeness (QED) is 0.867. The first-order valence-electron chi connectivity index (χ1n) is 6.65. The largest absolute Gasteiger partial charge is 0.316 e. The van der Waals surface area contributed by atoms with E-state index >= 15 is 0 Å². The number of hydrogen-bond donors (Lipinski definition) is 1. The second-order valence-electron chi connectivity index (χ2n) is 5.47. The van der Waals surface area contributed by atoms with Crippen LogP contribution in [0.2, 0.25) is 0 Å². The van der Waals surface area contributed by atoms with Crippen LogP contribution < -0.4 is 5.32 Å². The highest BCUT2D eigenvalue weighted by Gasteiger charge is 2.28. The van der Waals surface area contributed by atoms with Crippen molar-refractivity contribution in [3.63, 3.8) is 0 Å². The van der Waals surface area contributed by atoms with Crippen molar-refractivity contribution in [1.29, 1.82) is 0 Å². The van der Waals surface area contributed by atoms with Gasteiger partial charge in [0, 0.05) is 12.5 Å². The van der Waals surface area contributed by atoms with Crippen LogP contribution in [0.4, 0.5) is 8.78 Å². The Morgan fingerprint density at radius 1 is 1.39 bits per heavy atom. The molecule has 0 saturated carbocycles. The highest BCUT2D eigenvalue weighted by Crippen LogP contribution is 2.32. The second-order valence-corrected chi connectivity index (χ2v) is 5.47. The van der Waals surface area contributed by atoms with Crippen LogP contribution in [0.3, 0.4) is 0 Å². The fourth-order valence-corrected chi connectivity index (χ4v) is 2.73. The van der Waals surface area contributed by atoms with Crippen LogP contribution in [0.15, 0.2) is 18.2 Å². The van der Waals surface area contributed by atoms with Crippen LogP contribution in [0.1, 0.15) is 36.5 Å². The molecular formula is C15H21F2N. The predicted molar refractivity (Wildman–Crippen MR) is 70.0 cm³/mol. The van der Waals surface area contributed by atoms with Gasteiger partial charge in [0.15, 0.2) is 0 Å². The number of rotatable bonds is 3. The van der Waals surface area contributed by atoms with E-state index in [2.05, 4.69) is 5.32 Å². The lowest BCUT2D eigenvalue weighted by Crippen LogP contribution is -2.31. The molecule has 2 rings (SSSR count). The molecule has 1 fully saturated rings. The molecule has 0 spiro atoms. The molecule has 1 saturated heterocycles.